The molecule has 134 valence electrons. The molecule has 25 heavy (non-hydrogen) atoms. The van der Waals surface area contributed by atoms with Crippen LogP contribution in [0.5, 0.6) is 0 Å². The summed E-state index contributed by atoms with van der Waals surface area (Å²) in [5.41, 5.74) is 2.14. The molecule has 8 heteroatoms. The van der Waals surface area contributed by atoms with Crippen LogP contribution >= 0.6 is 0 Å². The molecule has 0 bridgehead atoms. The van der Waals surface area contributed by atoms with Crippen LogP contribution in [0, 0.1) is 13.8 Å². The largest absolute Gasteiger partial charge is 0.370 e. The van der Waals surface area contributed by atoms with Crippen molar-refractivity contribution in [3.63, 3.8) is 0 Å². The second-order valence-electron chi connectivity index (χ2n) is 6.33. The minimum atomic E-state index is 0.110. The molecule has 1 amide bonds. The van der Waals surface area contributed by atoms with Gasteiger partial charge in [0.05, 0.1) is 12.2 Å². The van der Waals surface area contributed by atoms with Crippen LogP contribution in [0.4, 0.5) is 11.6 Å². The van der Waals surface area contributed by atoms with Crippen molar-refractivity contribution in [2.24, 2.45) is 0 Å². The van der Waals surface area contributed by atoms with Gasteiger partial charge in [0.15, 0.2) is 0 Å². The van der Waals surface area contributed by atoms with Gasteiger partial charge in [0.25, 0.3) is 0 Å². The van der Waals surface area contributed by atoms with E-state index in [9.17, 15) is 4.79 Å². The first kappa shape index (κ1) is 17.2. The third-order valence-electron chi connectivity index (χ3n) is 4.52. The van der Waals surface area contributed by atoms with Crippen molar-refractivity contribution < 1.29 is 9.32 Å². The number of piperazine rings is 1. The maximum absolute atomic E-state index is 11.9. The molecule has 0 unspecified atom stereocenters. The van der Waals surface area contributed by atoms with Gasteiger partial charge < -0.3 is 19.6 Å². The number of hydrogen-bond acceptors (Lipinski definition) is 7. The standard InChI is InChI=1S/C17H24N6O2/c1-12-14(13(2)25-21-12)5-4-6-18-15-9-16(20-11-19-15)23-8-7-22(3)17(24)10-23/h9,11H,4-8,10H2,1-3H3,(H,18,19,20). The van der Waals surface area contributed by atoms with Crippen LogP contribution in [0.1, 0.15) is 23.4 Å². The van der Waals surface area contributed by atoms with E-state index in [1.54, 1.807) is 4.90 Å². The Kier molecular flexibility index (Phi) is 5.16. The Morgan fingerprint density at radius 3 is 2.84 bits per heavy atom. The van der Waals surface area contributed by atoms with E-state index < -0.39 is 0 Å². The van der Waals surface area contributed by atoms with Crippen LogP contribution in [-0.2, 0) is 11.2 Å². The highest BCUT2D eigenvalue weighted by atomic mass is 16.5. The molecule has 0 atom stereocenters. The number of carbonyl (C=O) groups is 1. The number of nitrogens with one attached hydrogen (secondary N) is 1. The lowest BCUT2D eigenvalue weighted by Crippen LogP contribution is -2.48. The van der Waals surface area contributed by atoms with Gasteiger partial charge in [-0.2, -0.15) is 0 Å². The predicted octanol–water partition coefficient (Wildman–Crippen LogP) is 1.40. The van der Waals surface area contributed by atoms with Crippen LogP contribution in [-0.4, -0.2) is 59.2 Å². The maximum Gasteiger partial charge on any atom is 0.241 e. The van der Waals surface area contributed by atoms with Crippen molar-refractivity contribution in [1.82, 2.24) is 20.0 Å². The summed E-state index contributed by atoms with van der Waals surface area (Å²) >= 11 is 0. The van der Waals surface area contributed by atoms with Gasteiger partial charge in [0.1, 0.15) is 23.7 Å². The predicted molar refractivity (Wildman–Crippen MR) is 94.7 cm³/mol. The fourth-order valence-corrected chi connectivity index (χ4v) is 2.91. The highest BCUT2D eigenvalue weighted by Gasteiger charge is 2.22. The van der Waals surface area contributed by atoms with Crippen molar-refractivity contribution in [2.75, 3.05) is 43.4 Å². The lowest BCUT2D eigenvalue weighted by atomic mass is 10.1. The van der Waals surface area contributed by atoms with E-state index >= 15 is 0 Å². The number of aryl methyl sites for hydroxylation is 2. The molecule has 1 aliphatic rings. The van der Waals surface area contributed by atoms with Gasteiger partial charge in [0.2, 0.25) is 5.91 Å². The van der Waals surface area contributed by atoms with E-state index in [0.717, 1.165) is 49.0 Å². The van der Waals surface area contributed by atoms with E-state index in [0.29, 0.717) is 13.1 Å². The molecule has 0 aliphatic carbocycles. The zero-order valence-corrected chi connectivity index (χ0v) is 14.9. The number of aromatic nitrogens is 3. The minimum absolute atomic E-state index is 0.110. The van der Waals surface area contributed by atoms with Crippen LogP contribution in [0.2, 0.25) is 0 Å². The Bertz CT molecular complexity index is 725. The van der Waals surface area contributed by atoms with Crippen molar-refractivity contribution in [3.8, 4) is 0 Å². The molecule has 2 aromatic heterocycles. The molecule has 2 aromatic rings. The Labute approximate surface area is 147 Å². The molecule has 1 N–H and O–H groups in total. The zero-order chi connectivity index (χ0) is 17.8. The topological polar surface area (TPSA) is 87.4 Å². The number of carbonyl (C=O) groups excluding carboxylic acids is 1. The molecule has 1 saturated heterocycles. The summed E-state index contributed by atoms with van der Waals surface area (Å²) in [5.74, 6) is 2.56. The Balaban J connectivity index is 1.53. The quantitative estimate of drug-likeness (QED) is 0.793. The molecule has 0 aromatic carbocycles. The summed E-state index contributed by atoms with van der Waals surface area (Å²) in [6.07, 6.45) is 3.41. The molecular weight excluding hydrogens is 320 g/mol. The first-order chi connectivity index (χ1) is 12.0. The SMILES string of the molecule is Cc1noc(C)c1CCCNc1cc(N2CCN(C)C(=O)C2)ncn1. The summed E-state index contributed by atoms with van der Waals surface area (Å²) in [6, 6.07) is 1.90. The molecule has 3 heterocycles. The average molecular weight is 344 g/mol. The number of likely N-dealkylation sites (N-methyl/N-ethyl adjacent to an activating group) is 1. The molecule has 8 nitrogen and oxygen atoms in total. The van der Waals surface area contributed by atoms with Gasteiger partial charge in [-0.3, -0.25) is 4.79 Å². The second kappa shape index (κ2) is 7.50. The van der Waals surface area contributed by atoms with Gasteiger partial charge in [-0.05, 0) is 26.7 Å². The second-order valence-corrected chi connectivity index (χ2v) is 6.33. The molecule has 0 spiro atoms. The van der Waals surface area contributed by atoms with Gasteiger partial charge in [0, 0.05) is 38.3 Å². The van der Waals surface area contributed by atoms with E-state index in [1.165, 1.54) is 11.9 Å². The minimum Gasteiger partial charge on any atom is -0.370 e. The normalized spacial score (nSPS) is 14.9. The fraction of sp³-hybridized carbons (Fsp3) is 0.529. The third kappa shape index (κ3) is 4.07. The lowest BCUT2D eigenvalue weighted by molar-refractivity contribution is -0.129. The van der Waals surface area contributed by atoms with Gasteiger partial charge in [-0.1, -0.05) is 5.16 Å². The highest BCUT2D eigenvalue weighted by molar-refractivity contribution is 5.82. The van der Waals surface area contributed by atoms with Gasteiger partial charge in [-0.25, -0.2) is 9.97 Å². The molecular formula is C17H24N6O2. The van der Waals surface area contributed by atoms with Crippen LogP contribution < -0.4 is 10.2 Å². The monoisotopic (exact) mass is 344 g/mol. The summed E-state index contributed by atoms with van der Waals surface area (Å²) in [4.78, 5) is 24.1. The molecule has 0 saturated carbocycles. The van der Waals surface area contributed by atoms with Gasteiger partial charge in [-0.15, -0.1) is 0 Å². The number of hydrogen-bond donors (Lipinski definition) is 1. The van der Waals surface area contributed by atoms with E-state index in [-0.39, 0.29) is 5.91 Å². The van der Waals surface area contributed by atoms with E-state index in [2.05, 4.69) is 20.4 Å². The van der Waals surface area contributed by atoms with Crippen molar-refractivity contribution in [2.45, 2.75) is 26.7 Å². The summed E-state index contributed by atoms with van der Waals surface area (Å²) < 4.78 is 5.18. The van der Waals surface area contributed by atoms with Crippen LogP contribution in [0.25, 0.3) is 0 Å². The fourth-order valence-electron chi connectivity index (χ4n) is 2.91. The maximum atomic E-state index is 11.9. The average Bonchev–Trinajstić information content (AvgIpc) is 2.93. The Morgan fingerprint density at radius 1 is 1.28 bits per heavy atom. The molecule has 1 aliphatic heterocycles. The molecule has 1 fully saturated rings. The summed E-state index contributed by atoms with van der Waals surface area (Å²) in [5, 5.41) is 7.30. The number of amides is 1. The first-order valence-corrected chi connectivity index (χ1v) is 8.51. The van der Waals surface area contributed by atoms with Crippen LogP contribution in [0.15, 0.2) is 16.9 Å². The van der Waals surface area contributed by atoms with Gasteiger partial charge >= 0.3 is 0 Å². The van der Waals surface area contributed by atoms with Crippen LogP contribution in [0.3, 0.4) is 0 Å². The third-order valence-corrected chi connectivity index (χ3v) is 4.52. The van der Waals surface area contributed by atoms with Crippen molar-refractivity contribution in [1.29, 1.82) is 0 Å². The molecule has 3 rings (SSSR count). The smallest absolute Gasteiger partial charge is 0.241 e. The van der Waals surface area contributed by atoms with Crippen molar-refractivity contribution >= 4 is 17.5 Å². The lowest BCUT2D eigenvalue weighted by Gasteiger charge is -2.32. The van der Waals surface area contributed by atoms with Crippen molar-refractivity contribution in [3.05, 3.63) is 29.4 Å². The van der Waals surface area contributed by atoms with E-state index in [4.69, 9.17) is 4.52 Å². The molecule has 0 radical (unpaired) electrons. The summed E-state index contributed by atoms with van der Waals surface area (Å²) in [7, 11) is 1.83. The number of anilines is 2. The Morgan fingerprint density at radius 2 is 2.12 bits per heavy atom. The highest BCUT2D eigenvalue weighted by Crippen LogP contribution is 2.17. The Hall–Kier alpha value is -2.64. The first-order valence-electron chi connectivity index (χ1n) is 8.51. The number of nitrogens with zero attached hydrogens (tertiary/aromatic N) is 5. The van der Waals surface area contributed by atoms with E-state index in [1.807, 2.05) is 31.9 Å². The zero-order valence-electron chi connectivity index (χ0n) is 14.9. The number of rotatable bonds is 6. The summed E-state index contributed by atoms with van der Waals surface area (Å²) in [6.45, 7) is 6.55.